The number of hydrogen-bond acceptors (Lipinski definition) is 3. The summed E-state index contributed by atoms with van der Waals surface area (Å²) in [5.41, 5.74) is 1.25. The topological polar surface area (TPSA) is 46.5 Å². The zero-order valence-electron chi connectivity index (χ0n) is 12.4. The SMILES string of the molecule is CCOC(=O)c1ccc2ccc(O)cc2c1C(C)(C)C. The molecular formula is C17H20O3. The summed E-state index contributed by atoms with van der Waals surface area (Å²) in [4.78, 5) is 12.2. The van der Waals surface area contributed by atoms with Gasteiger partial charge in [-0.15, -0.1) is 0 Å². The fraction of sp³-hybridized carbons (Fsp3) is 0.353. The lowest BCUT2D eigenvalue weighted by Crippen LogP contribution is -2.19. The Balaban J connectivity index is 2.79. The Labute approximate surface area is 119 Å². The molecule has 0 unspecified atom stereocenters. The summed E-state index contributed by atoms with van der Waals surface area (Å²) < 4.78 is 5.14. The zero-order chi connectivity index (χ0) is 14.9. The number of carbonyl (C=O) groups excluding carboxylic acids is 1. The third-order valence-electron chi connectivity index (χ3n) is 3.25. The lowest BCUT2D eigenvalue weighted by atomic mass is 9.80. The van der Waals surface area contributed by atoms with Gasteiger partial charge in [-0.05, 0) is 46.9 Å². The molecule has 0 saturated heterocycles. The second-order valence-electron chi connectivity index (χ2n) is 5.86. The number of carbonyl (C=O) groups is 1. The van der Waals surface area contributed by atoms with Gasteiger partial charge in [0.05, 0.1) is 12.2 Å². The largest absolute Gasteiger partial charge is 0.508 e. The van der Waals surface area contributed by atoms with Crippen LogP contribution < -0.4 is 0 Å². The van der Waals surface area contributed by atoms with E-state index in [0.29, 0.717) is 12.2 Å². The average molecular weight is 272 g/mol. The van der Waals surface area contributed by atoms with Crippen LogP contribution in [0.25, 0.3) is 10.8 Å². The maximum Gasteiger partial charge on any atom is 0.338 e. The van der Waals surface area contributed by atoms with Crippen LogP contribution in [-0.2, 0) is 10.2 Å². The van der Waals surface area contributed by atoms with E-state index in [-0.39, 0.29) is 17.1 Å². The Morgan fingerprint density at radius 2 is 1.85 bits per heavy atom. The number of phenols is 1. The van der Waals surface area contributed by atoms with Gasteiger partial charge in [-0.1, -0.05) is 32.9 Å². The van der Waals surface area contributed by atoms with Crippen molar-refractivity contribution in [1.82, 2.24) is 0 Å². The molecule has 106 valence electrons. The van der Waals surface area contributed by atoms with E-state index in [2.05, 4.69) is 20.8 Å². The Morgan fingerprint density at radius 1 is 1.20 bits per heavy atom. The minimum Gasteiger partial charge on any atom is -0.508 e. The summed E-state index contributed by atoms with van der Waals surface area (Å²) in [6.45, 7) is 8.29. The van der Waals surface area contributed by atoms with E-state index in [1.807, 2.05) is 12.1 Å². The van der Waals surface area contributed by atoms with Gasteiger partial charge in [-0.3, -0.25) is 0 Å². The molecule has 0 radical (unpaired) electrons. The van der Waals surface area contributed by atoms with Crippen molar-refractivity contribution in [3.8, 4) is 5.75 Å². The van der Waals surface area contributed by atoms with Gasteiger partial charge in [-0.2, -0.15) is 0 Å². The van der Waals surface area contributed by atoms with Crippen molar-refractivity contribution < 1.29 is 14.6 Å². The summed E-state index contributed by atoms with van der Waals surface area (Å²) in [6, 6.07) is 8.90. The van der Waals surface area contributed by atoms with Crippen LogP contribution >= 0.6 is 0 Å². The lowest BCUT2D eigenvalue weighted by molar-refractivity contribution is 0.0524. The molecule has 20 heavy (non-hydrogen) atoms. The maximum atomic E-state index is 12.2. The predicted molar refractivity (Wildman–Crippen MR) is 80.3 cm³/mol. The van der Waals surface area contributed by atoms with E-state index in [0.717, 1.165) is 16.3 Å². The molecule has 1 N–H and O–H groups in total. The molecule has 0 saturated carbocycles. The Kier molecular flexibility index (Phi) is 3.71. The van der Waals surface area contributed by atoms with E-state index in [1.54, 1.807) is 25.1 Å². The molecule has 2 rings (SSSR count). The second kappa shape index (κ2) is 5.16. The van der Waals surface area contributed by atoms with Crippen LogP contribution in [0.2, 0.25) is 0 Å². The highest BCUT2D eigenvalue weighted by molar-refractivity contribution is 6.00. The summed E-state index contributed by atoms with van der Waals surface area (Å²) in [5.74, 6) is -0.119. The normalized spacial score (nSPS) is 11.6. The molecule has 0 atom stereocenters. The Morgan fingerprint density at radius 3 is 2.45 bits per heavy atom. The number of phenolic OH excluding ortho intramolecular Hbond substituents is 1. The van der Waals surface area contributed by atoms with Gasteiger partial charge in [0, 0.05) is 0 Å². The van der Waals surface area contributed by atoms with E-state index < -0.39 is 0 Å². The van der Waals surface area contributed by atoms with Crippen LogP contribution in [0.15, 0.2) is 30.3 Å². The molecule has 3 nitrogen and oxygen atoms in total. The van der Waals surface area contributed by atoms with Crippen LogP contribution in [0.1, 0.15) is 43.6 Å². The molecule has 0 aliphatic rings. The highest BCUT2D eigenvalue weighted by Crippen LogP contribution is 2.35. The number of ether oxygens (including phenoxy) is 1. The van der Waals surface area contributed by atoms with Crippen molar-refractivity contribution in [2.45, 2.75) is 33.1 Å². The van der Waals surface area contributed by atoms with Crippen molar-refractivity contribution in [2.75, 3.05) is 6.61 Å². The van der Waals surface area contributed by atoms with Crippen LogP contribution in [0.5, 0.6) is 5.75 Å². The number of aromatic hydroxyl groups is 1. The minimum atomic E-state index is -0.317. The number of rotatable bonds is 2. The van der Waals surface area contributed by atoms with Crippen molar-refractivity contribution in [3.63, 3.8) is 0 Å². The summed E-state index contributed by atoms with van der Waals surface area (Å²) in [7, 11) is 0. The molecule has 0 bridgehead atoms. The molecule has 0 aromatic heterocycles. The van der Waals surface area contributed by atoms with E-state index in [4.69, 9.17) is 4.74 Å². The van der Waals surface area contributed by atoms with Crippen LogP contribution in [-0.4, -0.2) is 17.7 Å². The van der Waals surface area contributed by atoms with Crippen molar-refractivity contribution in [1.29, 1.82) is 0 Å². The molecule has 0 aliphatic carbocycles. The summed E-state index contributed by atoms with van der Waals surface area (Å²) in [6.07, 6.45) is 0. The van der Waals surface area contributed by atoms with Gasteiger partial charge < -0.3 is 9.84 Å². The van der Waals surface area contributed by atoms with Crippen molar-refractivity contribution in [3.05, 3.63) is 41.5 Å². The van der Waals surface area contributed by atoms with E-state index >= 15 is 0 Å². The molecule has 0 heterocycles. The first-order valence-corrected chi connectivity index (χ1v) is 6.78. The van der Waals surface area contributed by atoms with Crippen molar-refractivity contribution >= 4 is 16.7 Å². The van der Waals surface area contributed by atoms with Gasteiger partial charge in [0.25, 0.3) is 0 Å². The van der Waals surface area contributed by atoms with Crippen LogP contribution in [0.4, 0.5) is 0 Å². The molecular weight excluding hydrogens is 252 g/mol. The molecule has 0 fully saturated rings. The van der Waals surface area contributed by atoms with Crippen molar-refractivity contribution in [2.24, 2.45) is 0 Å². The monoisotopic (exact) mass is 272 g/mol. The molecule has 2 aromatic rings. The number of esters is 1. The summed E-state index contributed by atoms with van der Waals surface area (Å²) in [5, 5.41) is 11.6. The Bertz CT molecular complexity index is 651. The fourth-order valence-corrected chi connectivity index (χ4v) is 2.49. The lowest BCUT2D eigenvalue weighted by Gasteiger charge is -2.24. The second-order valence-corrected chi connectivity index (χ2v) is 5.86. The first kappa shape index (κ1) is 14.4. The third kappa shape index (κ3) is 2.62. The van der Waals surface area contributed by atoms with Gasteiger partial charge >= 0.3 is 5.97 Å². The molecule has 2 aromatic carbocycles. The number of benzene rings is 2. The number of hydrogen-bond donors (Lipinski definition) is 1. The van der Waals surface area contributed by atoms with Gasteiger partial charge in [0.2, 0.25) is 0 Å². The first-order valence-electron chi connectivity index (χ1n) is 6.78. The smallest absolute Gasteiger partial charge is 0.338 e. The quantitative estimate of drug-likeness (QED) is 0.840. The molecule has 0 amide bonds. The highest BCUT2D eigenvalue weighted by Gasteiger charge is 2.25. The maximum absolute atomic E-state index is 12.2. The molecule has 0 aliphatic heterocycles. The minimum absolute atomic E-state index is 0.198. The first-order chi connectivity index (χ1) is 9.34. The van der Waals surface area contributed by atoms with Crippen LogP contribution in [0.3, 0.4) is 0 Å². The predicted octanol–water partition coefficient (Wildman–Crippen LogP) is 4.02. The fourth-order valence-electron chi connectivity index (χ4n) is 2.49. The summed E-state index contributed by atoms with van der Waals surface area (Å²) >= 11 is 0. The van der Waals surface area contributed by atoms with E-state index in [1.165, 1.54) is 0 Å². The highest BCUT2D eigenvalue weighted by atomic mass is 16.5. The van der Waals surface area contributed by atoms with E-state index in [9.17, 15) is 9.90 Å². The van der Waals surface area contributed by atoms with Crippen LogP contribution in [0, 0.1) is 0 Å². The standard InChI is InChI=1S/C17H20O3/c1-5-20-16(19)13-9-7-11-6-8-12(18)10-14(11)15(13)17(2,3)4/h6-10,18H,5H2,1-4H3. The third-order valence-corrected chi connectivity index (χ3v) is 3.25. The average Bonchev–Trinajstić information content (AvgIpc) is 2.36. The number of fused-ring (bicyclic) bond motifs is 1. The molecule has 3 heteroatoms. The Hall–Kier alpha value is -2.03. The van der Waals surface area contributed by atoms with Gasteiger partial charge in [0.15, 0.2) is 0 Å². The molecule has 0 spiro atoms. The van der Waals surface area contributed by atoms with Gasteiger partial charge in [0.1, 0.15) is 5.75 Å². The zero-order valence-corrected chi connectivity index (χ0v) is 12.4. The van der Waals surface area contributed by atoms with Gasteiger partial charge in [-0.25, -0.2) is 4.79 Å².